The van der Waals surface area contributed by atoms with E-state index in [1.54, 1.807) is 30.3 Å². The van der Waals surface area contributed by atoms with Crippen molar-refractivity contribution in [2.75, 3.05) is 11.4 Å². The van der Waals surface area contributed by atoms with Crippen LogP contribution >= 0.6 is 0 Å². The largest absolute Gasteiger partial charge is 0.490 e. The van der Waals surface area contributed by atoms with Crippen LogP contribution in [-0.2, 0) is 14.3 Å². The molecule has 0 aromatic heterocycles. The van der Waals surface area contributed by atoms with E-state index in [1.807, 2.05) is 6.07 Å². The summed E-state index contributed by atoms with van der Waals surface area (Å²) in [5.41, 5.74) is 0.401. The number of ether oxygens (including phenoxy) is 1. The van der Waals surface area contributed by atoms with E-state index < -0.39 is 24.2 Å². The zero-order chi connectivity index (χ0) is 16.8. The molecule has 0 N–H and O–H groups in total. The van der Waals surface area contributed by atoms with Gasteiger partial charge in [0.25, 0.3) is 5.91 Å². The Labute approximate surface area is 124 Å². The third-order valence-electron chi connectivity index (χ3n) is 2.64. The minimum absolute atomic E-state index is 0.0133. The molecule has 1 aromatic rings. The first kappa shape index (κ1) is 17.5. The monoisotopic (exact) mass is 314 g/mol. The fourth-order valence-electron chi connectivity index (χ4n) is 1.63. The van der Waals surface area contributed by atoms with Gasteiger partial charge in [-0.05, 0) is 19.1 Å². The first-order valence-electron chi connectivity index (χ1n) is 6.28. The first-order chi connectivity index (χ1) is 10.3. The van der Waals surface area contributed by atoms with E-state index >= 15 is 0 Å². The van der Waals surface area contributed by atoms with E-state index in [2.05, 4.69) is 4.74 Å². The fourth-order valence-corrected chi connectivity index (χ4v) is 1.63. The minimum Gasteiger partial charge on any atom is -0.446 e. The number of carbonyl (C=O) groups excluding carboxylic acids is 2. The second kappa shape index (κ2) is 7.45. The van der Waals surface area contributed by atoms with E-state index in [0.29, 0.717) is 5.69 Å². The van der Waals surface area contributed by atoms with Crippen LogP contribution in [0.1, 0.15) is 13.3 Å². The van der Waals surface area contributed by atoms with Gasteiger partial charge in [-0.25, -0.2) is 4.79 Å². The lowest BCUT2D eigenvalue weighted by molar-refractivity contribution is -0.204. The molecule has 1 amide bonds. The van der Waals surface area contributed by atoms with Gasteiger partial charge in [0.05, 0.1) is 12.5 Å². The zero-order valence-electron chi connectivity index (χ0n) is 11.6. The maximum atomic E-state index is 12.2. The fraction of sp³-hybridized carbons (Fsp3) is 0.357. The average Bonchev–Trinajstić information content (AvgIpc) is 2.47. The van der Waals surface area contributed by atoms with Crippen LogP contribution in [0.5, 0.6) is 0 Å². The summed E-state index contributed by atoms with van der Waals surface area (Å²) in [5.74, 6) is -3.26. The Morgan fingerprint density at radius 1 is 1.32 bits per heavy atom. The summed E-state index contributed by atoms with van der Waals surface area (Å²) < 4.78 is 40.6. The molecular weight excluding hydrogens is 301 g/mol. The van der Waals surface area contributed by atoms with Crippen LogP contribution in [0.4, 0.5) is 18.9 Å². The van der Waals surface area contributed by atoms with Crippen LogP contribution in [-0.4, -0.2) is 30.7 Å². The van der Waals surface area contributed by atoms with Crippen LogP contribution in [0.3, 0.4) is 0 Å². The van der Waals surface area contributed by atoms with Crippen molar-refractivity contribution in [2.24, 2.45) is 0 Å². The van der Waals surface area contributed by atoms with Gasteiger partial charge in [-0.2, -0.15) is 18.4 Å². The molecule has 0 spiro atoms. The van der Waals surface area contributed by atoms with Crippen LogP contribution in [0.2, 0.25) is 0 Å². The lowest BCUT2D eigenvalue weighted by Gasteiger charge is -2.25. The van der Waals surface area contributed by atoms with Crippen LogP contribution in [0.15, 0.2) is 30.3 Å². The highest BCUT2D eigenvalue weighted by Crippen LogP contribution is 2.20. The third kappa shape index (κ3) is 4.77. The number of alkyl halides is 3. The van der Waals surface area contributed by atoms with E-state index in [4.69, 9.17) is 5.26 Å². The Morgan fingerprint density at radius 3 is 2.41 bits per heavy atom. The molecule has 1 rings (SSSR count). The molecule has 0 unspecified atom stereocenters. The van der Waals surface area contributed by atoms with Gasteiger partial charge in [0.1, 0.15) is 0 Å². The molecule has 22 heavy (non-hydrogen) atoms. The van der Waals surface area contributed by atoms with Crippen molar-refractivity contribution in [1.82, 2.24) is 0 Å². The first-order valence-corrected chi connectivity index (χ1v) is 6.28. The van der Waals surface area contributed by atoms with Gasteiger partial charge in [-0.3, -0.25) is 4.79 Å². The average molecular weight is 314 g/mol. The van der Waals surface area contributed by atoms with Gasteiger partial charge in [0, 0.05) is 12.2 Å². The lowest BCUT2D eigenvalue weighted by atomic mass is 10.2. The van der Waals surface area contributed by atoms with E-state index in [0.717, 1.165) is 11.8 Å². The number of amides is 1. The molecule has 0 saturated carbocycles. The van der Waals surface area contributed by atoms with Gasteiger partial charge >= 0.3 is 12.1 Å². The standard InChI is InChI=1S/C14H13F3N2O3/c1-10(22-13(21)14(15,16)17)12(20)19(9-5-8-18)11-6-3-2-4-7-11/h2-4,6-7,10H,5,9H2,1H3/t10-/m0/s1. The molecule has 8 heteroatoms. The lowest BCUT2D eigenvalue weighted by Crippen LogP contribution is -2.42. The van der Waals surface area contributed by atoms with Crippen molar-refractivity contribution in [2.45, 2.75) is 25.6 Å². The summed E-state index contributed by atoms with van der Waals surface area (Å²) in [6.07, 6.45) is -6.80. The predicted molar refractivity (Wildman–Crippen MR) is 70.6 cm³/mol. The number of anilines is 1. The Morgan fingerprint density at radius 2 is 1.91 bits per heavy atom. The van der Waals surface area contributed by atoms with Gasteiger partial charge in [-0.1, -0.05) is 18.2 Å². The number of rotatable bonds is 5. The molecule has 118 valence electrons. The van der Waals surface area contributed by atoms with Crippen molar-refractivity contribution < 1.29 is 27.5 Å². The number of para-hydroxylation sites is 1. The predicted octanol–water partition coefficient (Wildman–Crippen LogP) is 2.43. The van der Waals surface area contributed by atoms with Crippen LogP contribution < -0.4 is 4.90 Å². The molecule has 0 aliphatic heterocycles. The summed E-state index contributed by atoms with van der Waals surface area (Å²) >= 11 is 0. The number of hydrogen-bond acceptors (Lipinski definition) is 4. The molecule has 0 radical (unpaired) electrons. The Balaban J connectivity index is 2.88. The number of esters is 1. The quantitative estimate of drug-likeness (QED) is 0.783. The third-order valence-corrected chi connectivity index (χ3v) is 2.64. The maximum absolute atomic E-state index is 12.2. The van der Waals surface area contributed by atoms with Crippen molar-refractivity contribution in [1.29, 1.82) is 5.26 Å². The Bertz CT molecular complexity index is 567. The second-order valence-corrected chi connectivity index (χ2v) is 4.28. The molecule has 1 aromatic carbocycles. The van der Waals surface area contributed by atoms with Crippen molar-refractivity contribution in [3.63, 3.8) is 0 Å². The highest BCUT2D eigenvalue weighted by atomic mass is 19.4. The summed E-state index contributed by atoms with van der Waals surface area (Å²) in [6.45, 7) is 1.03. The van der Waals surface area contributed by atoms with E-state index in [1.165, 1.54) is 0 Å². The number of nitrogens with zero attached hydrogens (tertiary/aromatic N) is 2. The molecule has 0 bridgehead atoms. The summed E-state index contributed by atoms with van der Waals surface area (Å²) in [6, 6.07) is 9.94. The van der Waals surface area contributed by atoms with E-state index in [-0.39, 0.29) is 13.0 Å². The van der Waals surface area contributed by atoms with Crippen molar-refractivity contribution in [3.05, 3.63) is 30.3 Å². The topological polar surface area (TPSA) is 70.4 Å². The van der Waals surface area contributed by atoms with Gasteiger partial charge < -0.3 is 9.64 Å². The molecule has 0 saturated heterocycles. The normalized spacial score (nSPS) is 12.1. The van der Waals surface area contributed by atoms with Gasteiger partial charge in [0.2, 0.25) is 0 Å². The number of hydrogen-bond donors (Lipinski definition) is 0. The zero-order valence-corrected chi connectivity index (χ0v) is 11.6. The van der Waals surface area contributed by atoms with Crippen LogP contribution in [0.25, 0.3) is 0 Å². The second-order valence-electron chi connectivity index (χ2n) is 4.28. The number of nitriles is 1. The number of benzene rings is 1. The Hall–Kier alpha value is -2.56. The van der Waals surface area contributed by atoms with Crippen molar-refractivity contribution >= 4 is 17.6 Å². The molecular formula is C14H13F3N2O3. The van der Waals surface area contributed by atoms with Gasteiger partial charge in [-0.15, -0.1) is 0 Å². The molecule has 5 nitrogen and oxygen atoms in total. The highest BCUT2D eigenvalue weighted by molar-refractivity contribution is 5.97. The smallest absolute Gasteiger partial charge is 0.446 e. The molecule has 0 fully saturated rings. The number of carbonyl (C=O) groups is 2. The summed E-state index contributed by atoms with van der Waals surface area (Å²) in [4.78, 5) is 24.1. The van der Waals surface area contributed by atoms with Gasteiger partial charge in [0.15, 0.2) is 6.10 Å². The van der Waals surface area contributed by atoms with Crippen molar-refractivity contribution in [3.8, 4) is 6.07 Å². The molecule has 0 heterocycles. The molecule has 1 atom stereocenters. The minimum atomic E-state index is -5.17. The summed E-state index contributed by atoms with van der Waals surface area (Å²) in [7, 11) is 0. The molecule has 0 aliphatic carbocycles. The Kier molecular flexibility index (Phi) is 5.92. The molecule has 0 aliphatic rings. The van der Waals surface area contributed by atoms with Crippen LogP contribution in [0, 0.1) is 11.3 Å². The summed E-state index contributed by atoms with van der Waals surface area (Å²) in [5, 5.41) is 8.61. The van der Waals surface area contributed by atoms with E-state index in [9.17, 15) is 22.8 Å². The maximum Gasteiger partial charge on any atom is 0.490 e. The number of halogens is 3. The highest BCUT2D eigenvalue weighted by Gasteiger charge is 2.43. The SMILES string of the molecule is C[C@H](OC(=O)C(F)(F)F)C(=O)N(CCC#N)c1ccccc1.